The summed E-state index contributed by atoms with van der Waals surface area (Å²) in [4.78, 5) is 0. The van der Waals surface area contributed by atoms with Gasteiger partial charge in [0.05, 0.1) is 26.5 Å². The minimum Gasteiger partial charge on any atom is -0.497 e. The van der Waals surface area contributed by atoms with Crippen LogP contribution in [-0.2, 0) is 6.42 Å². The standard InChI is InChI=1S/C18H23NO3/c1-4-22-15-7-5-14(6-8-15)11-12-19-17-10-9-16(20-2)13-18(17)21-3/h5-10,13,19H,4,11-12H2,1-3H3. The van der Waals surface area contributed by atoms with Crippen molar-refractivity contribution < 1.29 is 14.2 Å². The molecule has 0 aliphatic rings. The quantitative estimate of drug-likeness (QED) is 0.806. The molecule has 2 rings (SSSR count). The van der Waals surface area contributed by atoms with Crippen LogP contribution < -0.4 is 19.5 Å². The van der Waals surface area contributed by atoms with Crippen LogP contribution in [0.1, 0.15) is 12.5 Å². The fraction of sp³-hybridized carbons (Fsp3) is 0.333. The van der Waals surface area contributed by atoms with Crippen molar-refractivity contribution in [1.82, 2.24) is 0 Å². The van der Waals surface area contributed by atoms with E-state index in [2.05, 4.69) is 17.4 Å². The number of nitrogens with one attached hydrogen (secondary N) is 1. The molecule has 4 nitrogen and oxygen atoms in total. The van der Waals surface area contributed by atoms with Gasteiger partial charge >= 0.3 is 0 Å². The first kappa shape index (κ1) is 16.0. The lowest BCUT2D eigenvalue weighted by Crippen LogP contribution is -2.06. The lowest BCUT2D eigenvalue weighted by atomic mass is 10.1. The Hall–Kier alpha value is -2.36. The molecule has 0 heterocycles. The van der Waals surface area contributed by atoms with E-state index >= 15 is 0 Å². The van der Waals surface area contributed by atoms with E-state index in [-0.39, 0.29) is 0 Å². The maximum absolute atomic E-state index is 5.44. The van der Waals surface area contributed by atoms with Crippen LogP contribution in [0.3, 0.4) is 0 Å². The lowest BCUT2D eigenvalue weighted by molar-refractivity contribution is 0.340. The van der Waals surface area contributed by atoms with Gasteiger partial charge in [-0.25, -0.2) is 0 Å². The van der Waals surface area contributed by atoms with Gasteiger partial charge in [0.2, 0.25) is 0 Å². The van der Waals surface area contributed by atoms with E-state index in [1.165, 1.54) is 5.56 Å². The molecule has 0 aliphatic carbocycles. The molecular weight excluding hydrogens is 278 g/mol. The van der Waals surface area contributed by atoms with Gasteiger partial charge in [-0.3, -0.25) is 0 Å². The molecule has 118 valence electrons. The first-order valence-corrected chi connectivity index (χ1v) is 7.44. The molecule has 0 atom stereocenters. The van der Waals surface area contributed by atoms with E-state index in [0.717, 1.165) is 35.9 Å². The zero-order valence-corrected chi connectivity index (χ0v) is 13.4. The number of benzene rings is 2. The van der Waals surface area contributed by atoms with Gasteiger partial charge in [-0.05, 0) is 43.2 Å². The highest BCUT2D eigenvalue weighted by molar-refractivity contribution is 5.59. The van der Waals surface area contributed by atoms with Gasteiger partial charge in [-0.15, -0.1) is 0 Å². The summed E-state index contributed by atoms with van der Waals surface area (Å²) in [5.74, 6) is 2.48. The van der Waals surface area contributed by atoms with Crippen molar-refractivity contribution in [2.24, 2.45) is 0 Å². The molecule has 0 amide bonds. The molecule has 0 radical (unpaired) electrons. The summed E-state index contributed by atoms with van der Waals surface area (Å²) in [5.41, 5.74) is 2.23. The Morgan fingerprint density at radius 2 is 1.64 bits per heavy atom. The first-order chi connectivity index (χ1) is 10.8. The Bertz CT molecular complexity index is 581. The summed E-state index contributed by atoms with van der Waals surface area (Å²) in [6, 6.07) is 14.0. The predicted octanol–water partition coefficient (Wildman–Crippen LogP) is 3.76. The molecule has 0 aromatic heterocycles. The molecule has 0 saturated heterocycles. The molecule has 0 aliphatic heterocycles. The average molecular weight is 301 g/mol. The number of hydrogen-bond donors (Lipinski definition) is 1. The second kappa shape index (κ2) is 8.17. The van der Waals surface area contributed by atoms with Gasteiger partial charge in [0, 0.05) is 12.6 Å². The highest BCUT2D eigenvalue weighted by atomic mass is 16.5. The molecule has 1 N–H and O–H groups in total. The van der Waals surface area contributed by atoms with E-state index in [1.807, 2.05) is 37.3 Å². The normalized spacial score (nSPS) is 10.1. The summed E-state index contributed by atoms with van der Waals surface area (Å²) in [5, 5.41) is 3.39. The summed E-state index contributed by atoms with van der Waals surface area (Å²) in [6.07, 6.45) is 0.932. The maximum atomic E-state index is 5.44. The molecule has 2 aromatic carbocycles. The average Bonchev–Trinajstić information content (AvgIpc) is 2.57. The van der Waals surface area contributed by atoms with Crippen molar-refractivity contribution in [2.75, 3.05) is 32.7 Å². The molecule has 0 unspecified atom stereocenters. The third kappa shape index (κ3) is 4.32. The summed E-state index contributed by atoms with van der Waals surface area (Å²) in [6.45, 7) is 3.51. The van der Waals surface area contributed by atoms with E-state index < -0.39 is 0 Å². The second-order valence-corrected chi connectivity index (χ2v) is 4.82. The van der Waals surface area contributed by atoms with Crippen LogP contribution in [0.5, 0.6) is 17.2 Å². The van der Waals surface area contributed by atoms with Gasteiger partial charge in [0.1, 0.15) is 17.2 Å². The Labute approximate surface area is 132 Å². The van der Waals surface area contributed by atoms with Gasteiger partial charge in [-0.1, -0.05) is 12.1 Å². The largest absolute Gasteiger partial charge is 0.497 e. The monoisotopic (exact) mass is 301 g/mol. The minimum absolute atomic E-state index is 0.693. The van der Waals surface area contributed by atoms with Gasteiger partial charge < -0.3 is 19.5 Å². The molecule has 0 bridgehead atoms. The van der Waals surface area contributed by atoms with Crippen LogP contribution in [0.2, 0.25) is 0 Å². The van der Waals surface area contributed by atoms with E-state index in [0.29, 0.717) is 6.61 Å². The maximum Gasteiger partial charge on any atom is 0.145 e. The minimum atomic E-state index is 0.693. The smallest absolute Gasteiger partial charge is 0.145 e. The molecule has 22 heavy (non-hydrogen) atoms. The first-order valence-electron chi connectivity index (χ1n) is 7.44. The number of anilines is 1. The van der Waals surface area contributed by atoms with Crippen molar-refractivity contribution in [3.8, 4) is 17.2 Å². The summed E-state index contributed by atoms with van der Waals surface area (Å²) in [7, 11) is 3.31. The van der Waals surface area contributed by atoms with E-state index in [1.54, 1.807) is 14.2 Å². The van der Waals surface area contributed by atoms with E-state index in [4.69, 9.17) is 14.2 Å². The number of rotatable bonds is 8. The van der Waals surface area contributed by atoms with Crippen LogP contribution in [0.15, 0.2) is 42.5 Å². The van der Waals surface area contributed by atoms with Gasteiger partial charge in [0.25, 0.3) is 0 Å². The van der Waals surface area contributed by atoms with Crippen molar-refractivity contribution in [1.29, 1.82) is 0 Å². The van der Waals surface area contributed by atoms with Crippen LogP contribution in [0.25, 0.3) is 0 Å². The molecular formula is C18H23NO3. The lowest BCUT2D eigenvalue weighted by Gasteiger charge is -2.12. The second-order valence-electron chi connectivity index (χ2n) is 4.82. The van der Waals surface area contributed by atoms with Crippen molar-refractivity contribution in [3.05, 3.63) is 48.0 Å². The third-order valence-electron chi connectivity index (χ3n) is 3.37. The number of ether oxygens (including phenoxy) is 3. The number of hydrogen-bond acceptors (Lipinski definition) is 4. The Balaban J connectivity index is 1.90. The Kier molecular flexibility index (Phi) is 5.95. The molecule has 0 spiro atoms. The topological polar surface area (TPSA) is 39.7 Å². The number of methoxy groups -OCH3 is 2. The fourth-order valence-electron chi connectivity index (χ4n) is 2.21. The van der Waals surface area contributed by atoms with E-state index in [9.17, 15) is 0 Å². The van der Waals surface area contributed by atoms with Gasteiger partial charge in [-0.2, -0.15) is 0 Å². The Morgan fingerprint density at radius 1 is 0.909 bits per heavy atom. The van der Waals surface area contributed by atoms with Gasteiger partial charge in [0.15, 0.2) is 0 Å². The molecule has 0 fully saturated rings. The highest BCUT2D eigenvalue weighted by Gasteiger charge is 2.04. The zero-order valence-electron chi connectivity index (χ0n) is 13.4. The summed E-state index contributed by atoms with van der Waals surface area (Å²) < 4.78 is 16.0. The van der Waals surface area contributed by atoms with Crippen molar-refractivity contribution >= 4 is 5.69 Å². The third-order valence-corrected chi connectivity index (χ3v) is 3.37. The molecule has 0 saturated carbocycles. The molecule has 2 aromatic rings. The Morgan fingerprint density at radius 3 is 2.27 bits per heavy atom. The predicted molar refractivity (Wildman–Crippen MR) is 89.4 cm³/mol. The van der Waals surface area contributed by atoms with Crippen molar-refractivity contribution in [3.63, 3.8) is 0 Å². The zero-order chi connectivity index (χ0) is 15.8. The molecule has 4 heteroatoms. The highest BCUT2D eigenvalue weighted by Crippen LogP contribution is 2.28. The van der Waals surface area contributed by atoms with Crippen LogP contribution in [-0.4, -0.2) is 27.4 Å². The van der Waals surface area contributed by atoms with Crippen molar-refractivity contribution in [2.45, 2.75) is 13.3 Å². The van der Waals surface area contributed by atoms with Crippen LogP contribution in [0, 0.1) is 0 Å². The summed E-state index contributed by atoms with van der Waals surface area (Å²) >= 11 is 0. The van der Waals surface area contributed by atoms with Crippen LogP contribution >= 0.6 is 0 Å². The van der Waals surface area contributed by atoms with Crippen LogP contribution in [0.4, 0.5) is 5.69 Å². The fourth-order valence-corrected chi connectivity index (χ4v) is 2.21. The SMILES string of the molecule is CCOc1ccc(CCNc2ccc(OC)cc2OC)cc1.